The first kappa shape index (κ1) is 19.0. The van der Waals surface area contributed by atoms with Crippen molar-refractivity contribution in [1.29, 1.82) is 0 Å². The molecule has 2 aromatic rings. The second-order valence-electron chi connectivity index (χ2n) is 5.71. The molecule has 0 spiro atoms. The maximum absolute atomic E-state index is 12.5. The quantitative estimate of drug-likeness (QED) is 0.786. The van der Waals surface area contributed by atoms with Crippen molar-refractivity contribution in [2.45, 2.75) is 46.7 Å². The fraction of sp³-hybridized carbons (Fsp3) is 0.500. The van der Waals surface area contributed by atoms with E-state index in [1.54, 1.807) is 30.9 Å². The van der Waals surface area contributed by atoms with Gasteiger partial charge in [0.1, 0.15) is 6.04 Å². The van der Waals surface area contributed by atoms with Crippen LogP contribution in [-0.2, 0) is 11.3 Å². The summed E-state index contributed by atoms with van der Waals surface area (Å²) in [6.07, 6.45) is 4.07. The van der Waals surface area contributed by atoms with Crippen molar-refractivity contribution in [3.05, 3.63) is 28.8 Å². The first-order valence-electron chi connectivity index (χ1n) is 8.25. The van der Waals surface area contributed by atoms with E-state index in [2.05, 4.69) is 20.8 Å². The Morgan fingerprint density at radius 3 is 2.56 bits per heavy atom. The van der Waals surface area contributed by atoms with Gasteiger partial charge in [-0.15, -0.1) is 0 Å². The number of halogens is 1. The number of anilines is 1. The summed E-state index contributed by atoms with van der Waals surface area (Å²) < 4.78 is 3.10. The largest absolute Gasteiger partial charge is 0.351 e. The summed E-state index contributed by atoms with van der Waals surface area (Å²) in [5.41, 5.74) is 1.23. The highest BCUT2D eigenvalue weighted by molar-refractivity contribution is 6.31. The molecule has 1 atom stereocenters. The number of nitrogens with zero attached hydrogens (tertiary/aromatic N) is 4. The summed E-state index contributed by atoms with van der Waals surface area (Å²) in [6.45, 7) is 8.49. The van der Waals surface area contributed by atoms with E-state index in [9.17, 15) is 9.59 Å². The van der Waals surface area contributed by atoms with E-state index >= 15 is 0 Å². The normalized spacial score (nSPS) is 12.0. The summed E-state index contributed by atoms with van der Waals surface area (Å²) in [5.74, 6) is -0.616. The van der Waals surface area contributed by atoms with Crippen LogP contribution in [0.2, 0.25) is 5.02 Å². The maximum atomic E-state index is 12.5. The van der Waals surface area contributed by atoms with Gasteiger partial charge < -0.3 is 10.6 Å². The van der Waals surface area contributed by atoms with Crippen LogP contribution in [0, 0.1) is 6.92 Å². The van der Waals surface area contributed by atoms with Gasteiger partial charge in [0.05, 0.1) is 16.4 Å². The first-order valence-corrected chi connectivity index (χ1v) is 8.62. The van der Waals surface area contributed by atoms with Crippen molar-refractivity contribution in [3.63, 3.8) is 0 Å². The van der Waals surface area contributed by atoms with Crippen LogP contribution >= 0.6 is 11.6 Å². The highest BCUT2D eigenvalue weighted by Gasteiger charge is 2.22. The molecular weight excluding hydrogens is 344 g/mol. The number of aromatic nitrogens is 4. The van der Waals surface area contributed by atoms with Gasteiger partial charge >= 0.3 is 0 Å². The van der Waals surface area contributed by atoms with Crippen LogP contribution in [-0.4, -0.2) is 37.9 Å². The molecule has 0 fully saturated rings. The van der Waals surface area contributed by atoms with Crippen LogP contribution in [0.25, 0.3) is 0 Å². The van der Waals surface area contributed by atoms with Crippen molar-refractivity contribution >= 4 is 29.1 Å². The van der Waals surface area contributed by atoms with Crippen molar-refractivity contribution in [3.8, 4) is 0 Å². The second kappa shape index (κ2) is 8.15. The van der Waals surface area contributed by atoms with Crippen molar-refractivity contribution in [2.75, 3.05) is 11.9 Å². The Hall–Kier alpha value is -2.35. The minimum absolute atomic E-state index is 0.200. The lowest BCUT2D eigenvalue weighted by Crippen LogP contribution is -2.28. The molecule has 1 unspecified atom stereocenters. The number of aryl methyl sites for hydroxylation is 2. The third-order valence-corrected chi connectivity index (χ3v) is 4.10. The fourth-order valence-electron chi connectivity index (χ4n) is 2.18. The Kier molecular flexibility index (Phi) is 6.19. The molecule has 9 heteroatoms. The average Bonchev–Trinajstić information content (AvgIpc) is 3.15. The molecule has 2 aromatic heterocycles. The first-order chi connectivity index (χ1) is 11.9. The summed E-state index contributed by atoms with van der Waals surface area (Å²) in [5, 5.41) is 14.5. The molecule has 2 amide bonds. The maximum Gasteiger partial charge on any atom is 0.273 e. The molecular formula is C16H23ClN6O2. The molecule has 136 valence electrons. The standard InChI is InChI=1S/C16H23ClN6O2/c1-5-7-18-16(25)14-13(9-22(6-2)21-14)19-15(24)11(4)23-8-12(17)10(3)20-23/h8-9,11H,5-7H2,1-4H3,(H,18,25)(H,19,24). The predicted molar refractivity (Wildman–Crippen MR) is 95.8 cm³/mol. The van der Waals surface area contributed by atoms with Gasteiger partial charge in [-0.05, 0) is 27.2 Å². The Bertz CT molecular complexity index is 747. The lowest BCUT2D eigenvalue weighted by Gasteiger charge is -2.12. The monoisotopic (exact) mass is 366 g/mol. The van der Waals surface area contributed by atoms with Crippen molar-refractivity contribution in [1.82, 2.24) is 24.9 Å². The summed E-state index contributed by atoms with van der Waals surface area (Å²) in [4.78, 5) is 24.8. The molecule has 8 nitrogen and oxygen atoms in total. The highest BCUT2D eigenvalue weighted by atomic mass is 35.5. The van der Waals surface area contributed by atoms with Gasteiger partial charge in [0.25, 0.3) is 5.91 Å². The molecule has 0 aliphatic rings. The molecule has 2 rings (SSSR count). The van der Waals surface area contributed by atoms with Crippen molar-refractivity contribution in [2.24, 2.45) is 0 Å². The van der Waals surface area contributed by atoms with E-state index in [0.717, 1.165) is 6.42 Å². The van der Waals surface area contributed by atoms with E-state index in [4.69, 9.17) is 11.6 Å². The lowest BCUT2D eigenvalue weighted by molar-refractivity contribution is -0.119. The average molecular weight is 367 g/mol. The number of carbonyl (C=O) groups excluding carboxylic acids is 2. The zero-order valence-electron chi connectivity index (χ0n) is 14.8. The number of rotatable bonds is 7. The van der Waals surface area contributed by atoms with Gasteiger partial charge in [-0.25, -0.2) is 0 Å². The topological polar surface area (TPSA) is 93.8 Å². The lowest BCUT2D eigenvalue weighted by atomic mass is 10.3. The Morgan fingerprint density at radius 2 is 2.00 bits per heavy atom. The molecule has 0 saturated carbocycles. The van der Waals surface area contributed by atoms with Crippen LogP contribution in [0.5, 0.6) is 0 Å². The van der Waals surface area contributed by atoms with Gasteiger partial charge in [0, 0.05) is 25.5 Å². The van der Waals surface area contributed by atoms with E-state index in [1.165, 1.54) is 4.68 Å². The molecule has 0 radical (unpaired) electrons. The minimum atomic E-state index is -0.581. The molecule has 0 aromatic carbocycles. The van der Waals surface area contributed by atoms with Crippen LogP contribution in [0.1, 0.15) is 49.4 Å². The van der Waals surface area contributed by atoms with Gasteiger partial charge in [-0.2, -0.15) is 10.2 Å². The smallest absolute Gasteiger partial charge is 0.273 e. The number of hydrogen-bond acceptors (Lipinski definition) is 4. The van der Waals surface area contributed by atoms with Gasteiger partial charge in [-0.1, -0.05) is 18.5 Å². The Morgan fingerprint density at radius 1 is 1.28 bits per heavy atom. The number of amides is 2. The summed E-state index contributed by atoms with van der Waals surface area (Å²) in [6, 6.07) is -0.581. The van der Waals surface area contributed by atoms with E-state index in [-0.39, 0.29) is 17.5 Å². The fourth-order valence-corrected chi connectivity index (χ4v) is 2.32. The van der Waals surface area contributed by atoms with Gasteiger partial charge in [0.2, 0.25) is 5.91 Å². The Balaban J connectivity index is 2.19. The number of carbonyl (C=O) groups is 2. The number of nitrogens with one attached hydrogen (secondary N) is 2. The highest BCUT2D eigenvalue weighted by Crippen LogP contribution is 2.19. The van der Waals surface area contributed by atoms with Crippen LogP contribution < -0.4 is 10.6 Å². The molecule has 0 saturated heterocycles. The third-order valence-electron chi connectivity index (χ3n) is 3.73. The van der Waals surface area contributed by atoms with E-state index in [0.29, 0.717) is 29.5 Å². The number of hydrogen-bond donors (Lipinski definition) is 2. The molecule has 0 bridgehead atoms. The van der Waals surface area contributed by atoms with Crippen LogP contribution in [0.3, 0.4) is 0 Å². The minimum Gasteiger partial charge on any atom is -0.351 e. The zero-order valence-corrected chi connectivity index (χ0v) is 15.6. The predicted octanol–water partition coefficient (Wildman–Crippen LogP) is 2.40. The van der Waals surface area contributed by atoms with Crippen molar-refractivity contribution < 1.29 is 9.59 Å². The Labute approximate surface area is 151 Å². The zero-order chi connectivity index (χ0) is 18.6. The van der Waals surface area contributed by atoms with E-state index in [1.807, 2.05) is 13.8 Å². The van der Waals surface area contributed by atoms with Gasteiger partial charge in [-0.3, -0.25) is 19.0 Å². The van der Waals surface area contributed by atoms with Gasteiger partial charge in [0.15, 0.2) is 5.69 Å². The second-order valence-corrected chi connectivity index (χ2v) is 6.12. The van der Waals surface area contributed by atoms with Crippen LogP contribution in [0.15, 0.2) is 12.4 Å². The molecule has 25 heavy (non-hydrogen) atoms. The summed E-state index contributed by atoms with van der Waals surface area (Å²) >= 11 is 5.99. The molecule has 2 heterocycles. The van der Waals surface area contributed by atoms with Crippen LogP contribution in [0.4, 0.5) is 5.69 Å². The summed E-state index contributed by atoms with van der Waals surface area (Å²) in [7, 11) is 0. The molecule has 0 aliphatic carbocycles. The van der Waals surface area contributed by atoms with E-state index < -0.39 is 6.04 Å². The molecule has 0 aliphatic heterocycles. The SMILES string of the molecule is CCCNC(=O)c1nn(CC)cc1NC(=O)C(C)n1cc(Cl)c(C)n1. The third kappa shape index (κ3) is 4.39. The molecule has 2 N–H and O–H groups in total.